The van der Waals surface area contributed by atoms with E-state index in [9.17, 15) is 19.5 Å². The van der Waals surface area contributed by atoms with Crippen molar-refractivity contribution in [1.82, 2.24) is 0 Å². The fraction of sp³-hybridized carbons (Fsp3) is 0.286. The van der Waals surface area contributed by atoms with Crippen LogP contribution in [0.3, 0.4) is 0 Å². The molecule has 0 amide bonds. The van der Waals surface area contributed by atoms with Gasteiger partial charge in [-0.05, 0) is 89.2 Å². The van der Waals surface area contributed by atoms with Gasteiger partial charge in [0.05, 0.1) is 24.1 Å². The van der Waals surface area contributed by atoms with Gasteiger partial charge < -0.3 is 19.4 Å². The van der Waals surface area contributed by atoms with E-state index in [0.29, 0.717) is 19.3 Å². The number of carboxylic acid groups (broad SMARTS) is 1. The number of aromatic carboxylic acids is 1. The van der Waals surface area contributed by atoms with Crippen LogP contribution in [0.5, 0.6) is 5.75 Å². The van der Waals surface area contributed by atoms with E-state index in [0.717, 1.165) is 5.56 Å². The highest BCUT2D eigenvalue weighted by Crippen LogP contribution is 2.31. The van der Waals surface area contributed by atoms with Gasteiger partial charge >= 0.3 is 11.9 Å². The lowest BCUT2D eigenvalue weighted by molar-refractivity contribution is -0.255. The molecule has 0 aliphatic carbocycles. The zero-order valence-electron chi connectivity index (χ0n) is 16.1. The maximum Gasteiger partial charge on any atom is 0.344 e. The number of ether oxygens (including phenoxy) is 2. The number of carbonyl (C=O) groups is 3. The number of halogens is 2. The lowest BCUT2D eigenvalue weighted by Crippen LogP contribution is -2.26. The Bertz CT molecular complexity index is 929. The summed E-state index contributed by atoms with van der Waals surface area (Å²) in [6.07, 6.45) is 0.670. The molecule has 8 heteroatoms. The maximum absolute atomic E-state index is 12.5. The predicted octanol–water partition coefficient (Wildman–Crippen LogP) is 3.96. The molecule has 6 nitrogen and oxygen atoms in total. The molecule has 2 rings (SSSR count). The Hall–Kier alpha value is -1.69. The van der Waals surface area contributed by atoms with E-state index < -0.39 is 17.4 Å². The third-order valence-corrected chi connectivity index (χ3v) is 6.03. The first-order valence-electron chi connectivity index (χ1n) is 8.74. The van der Waals surface area contributed by atoms with Gasteiger partial charge in [0.2, 0.25) is 0 Å². The number of benzene rings is 2. The van der Waals surface area contributed by atoms with Crippen molar-refractivity contribution in [1.29, 1.82) is 0 Å². The molecule has 2 aromatic rings. The largest absolute Gasteiger partial charge is 0.545 e. The van der Waals surface area contributed by atoms with Crippen molar-refractivity contribution in [3.05, 3.63) is 60.2 Å². The van der Waals surface area contributed by atoms with Crippen LogP contribution in [0.1, 0.15) is 53.5 Å². The number of hydrogen-bond acceptors (Lipinski definition) is 6. The minimum atomic E-state index is -1.45. The Morgan fingerprint density at radius 2 is 1.59 bits per heavy atom. The van der Waals surface area contributed by atoms with Crippen molar-refractivity contribution in [2.45, 2.75) is 33.8 Å². The summed E-state index contributed by atoms with van der Waals surface area (Å²) in [4.78, 5) is 35.9. The highest BCUT2D eigenvalue weighted by Gasteiger charge is 2.27. The van der Waals surface area contributed by atoms with Crippen LogP contribution in [0.15, 0.2) is 36.4 Å². The minimum Gasteiger partial charge on any atom is -0.545 e. The van der Waals surface area contributed by atoms with Gasteiger partial charge in [-0.1, -0.05) is 25.1 Å². The van der Waals surface area contributed by atoms with Crippen LogP contribution in [-0.2, 0) is 16.1 Å². The van der Waals surface area contributed by atoms with E-state index in [1.807, 2.05) is 66.0 Å². The Balaban J connectivity index is 2.19. The van der Waals surface area contributed by atoms with Gasteiger partial charge in [0.25, 0.3) is 0 Å². The quantitative estimate of drug-likeness (QED) is 0.264. The number of carboxylic acids is 1. The number of hydrogen-bond donors (Lipinski definition) is 0. The first kappa shape index (κ1) is 23.6. The Labute approximate surface area is 196 Å². The van der Waals surface area contributed by atoms with Crippen molar-refractivity contribution in [3.8, 4) is 5.75 Å². The average Bonchev–Trinajstić information content (AvgIpc) is 2.68. The molecule has 0 saturated carbocycles. The summed E-state index contributed by atoms with van der Waals surface area (Å²) in [5.41, 5.74) is -0.111. The lowest BCUT2D eigenvalue weighted by atomic mass is 9.91. The average molecular weight is 621 g/mol. The van der Waals surface area contributed by atoms with E-state index in [2.05, 4.69) is 0 Å². The smallest absolute Gasteiger partial charge is 0.344 e. The molecular weight excluding hydrogens is 602 g/mol. The summed E-state index contributed by atoms with van der Waals surface area (Å²) in [7, 11) is 0. The third kappa shape index (κ3) is 5.91. The monoisotopic (exact) mass is 621 g/mol. The zero-order valence-corrected chi connectivity index (χ0v) is 20.4. The number of rotatable bonds is 7. The van der Waals surface area contributed by atoms with Crippen LogP contribution in [0, 0.1) is 12.6 Å². The van der Waals surface area contributed by atoms with E-state index in [-0.39, 0.29) is 23.7 Å². The lowest BCUT2D eigenvalue weighted by Gasteiger charge is -2.20. The predicted molar refractivity (Wildman–Crippen MR) is 121 cm³/mol. The van der Waals surface area contributed by atoms with Crippen LogP contribution in [-0.4, -0.2) is 17.9 Å². The van der Waals surface area contributed by atoms with Crippen LogP contribution >= 0.6 is 45.2 Å². The van der Waals surface area contributed by atoms with E-state index in [1.54, 1.807) is 18.2 Å². The second-order valence-corrected chi connectivity index (χ2v) is 9.25. The molecule has 0 bridgehead atoms. The molecule has 0 N–H and O–H groups in total. The summed E-state index contributed by atoms with van der Waals surface area (Å²) in [5, 5.41) is 11.2. The summed E-state index contributed by atoms with van der Waals surface area (Å²) in [5.74, 6) is -2.20. The van der Waals surface area contributed by atoms with Gasteiger partial charge in [0, 0.05) is 5.56 Å². The molecule has 29 heavy (non-hydrogen) atoms. The van der Waals surface area contributed by atoms with Gasteiger partial charge in [-0.25, -0.2) is 4.79 Å². The fourth-order valence-electron chi connectivity index (χ4n) is 2.27. The van der Waals surface area contributed by atoms with Crippen molar-refractivity contribution in [3.63, 3.8) is 0 Å². The van der Waals surface area contributed by atoms with Crippen LogP contribution in [0.2, 0.25) is 0 Å². The summed E-state index contributed by atoms with van der Waals surface area (Å²) in [6, 6.07) is 9.22. The molecule has 0 aliphatic rings. The van der Waals surface area contributed by atoms with Gasteiger partial charge in [-0.15, -0.1) is 0 Å². The number of carbonyl (C=O) groups excluding carboxylic acids is 3. The topological polar surface area (TPSA) is 92.7 Å². The SMILES string of the molecule is CCC(C)(C)C(=O)OCc1cc(I)c(OC(=O)c2ccccc2C(=O)[O-])c(I)c1. The second-order valence-electron chi connectivity index (χ2n) is 6.92. The number of esters is 2. The van der Waals surface area contributed by atoms with E-state index in [4.69, 9.17) is 9.47 Å². The molecule has 0 radical (unpaired) electrons. The zero-order chi connectivity index (χ0) is 21.8. The molecule has 0 fully saturated rings. The normalized spacial score (nSPS) is 11.1. The highest BCUT2D eigenvalue weighted by atomic mass is 127. The molecule has 0 saturated heterocycles. The second kappa shape index (κ2) is 9.88. The maximum atomic E-state index is 12.5. The molecule has 0 aliphatic heterocycles. The summed E-state index contributed by atoms with van der Waals surface area (Å²) >= 11 is 4.03. The molecule has 154 valence electrons. The molecule has 0 unspecified atom stereocenters. The fourth-order valence-corrected chi connectivity index (χ4v) is 4.39. The Kier molecular flexibility index (Phi) is 8.03. The highest BCUT2D eigenvalue weighted by molar-refractivity contribution is 14.1. The molecule has 0 atom stereocenters. The van der Waals surface area contributed by atoms with E-state index in [1.165, 1.54) is 18.2 Å². The third-order valence-electron chi connectivity index (χ3n) is 4.43. The van der Waals surface area contributed by atoms with Crippen molar-refractivity contribution < 1.29 is 29.0 Å². The summed E-state index contributed by atoms with van der Waals surface area (Å²) < 4.78 is 12.1. The molecule has 0 aromatic heterocycles. The van der Waals surface area contributed by atoms with Crippen LogP contribution in [0.4, 0.5) is 0 Å². The molecule has 2 aromatic carbocycles. The Morgan fingerprint density at radius 1 is 1.03 bits per heavy atom. The van der Waals surface area contributed by atoms with Crippen molar-refractivity contribution >= 4 is 63.1 Å². The minimum absolute atomic E-state index is 0.0843. The van der Waals surface area contributed by atoms with Gasteiger partial charge in [-0.2, -0.15) is 0 Å². The Morgan fingerprint density at radius 3 is 2.10 bits per heavy atom. The molecule has 0 spiro atoms. The van der Waals surface area contributed by atoms with Gasteiger partial charge in [0.1, 0.15) is 6.61 Å². The molecular formula is C21H19I2O6-. The van der Waals surface area contributed by atoms with E-state index >= 15 is 0 Å². The first-order valence-corrected chi connectivity index (χ1v) is 10.9. The van der Waals surface area contributed by atoms with Crippen molar-refractivity contribution in [2.75, 3.05) is 0 Å². The van der Waals surface area contributed by atoms with Crippen molar-refractivity contribution in [2.24, 2.45) is 5.41 Å². The van der Waals surface area contributed by atoms with Gasteiger partial charge in [-0.3, -0.25) is 4.79 Å². The van der Waals surface area contributed by atoms with Crippen LogP contribution < -0.4 is 9.84 Å². The first-order chi connectivity index (χ1) is 13.6. The standard InChI is InChI=1S/C21H20I2O6/c1-4-21(2,3)20(27)28-11-12-9-15(22)17(16(23)10-12)29-19(26)14-8-6-5-7-13(14)18(24)25/h5-10H,4,11H2,1-3H3,(H,24,25)/p-1. The van der Waals surface area contributed by atoms with Crippen LogP contribution in [0.25, 0.3) is 0 Å². The molecule has 0 heterocycles. The van der Waals surface area contributed by atoms with Gasteiger partial charge in [0.15, 0.2) is 5.75 Å². The summed E-state index contributed by atoms with van der Waals surface area (Å²) in [6.45, 7) is 5.69.